The average Bonchev–Trinajstić information content (AvgIpc) is 3.02. The number of ether oxygens (including phenoxy) is 1. The Balaban J connectivity index is 1.54. The van der Waals surface area contributed by atoms with E-state index in [1.165, 1.54) is 24.3 Å². The molecule has 104 valence electrons. The van der Waals surface area contributed by atoms with Crippen LogP contribution in [0.3, 0.4) is 0 Å². The zero-order valence-electron chi connectivity index (χ0n) is 10.7. The third kappa shape index (κ3) is 1.58. The maximum atomic E-state index is 12.8. The van der Waals surface area contributed by atoms with Crippen molar-refractivity contribution in [2.75, 3.05) is 5.32 Å². The summed E-state index contributed by atoms with van der Waals surface area (Å²) in [6, 6.07) is 5.65. The van der Waals surface area contributed by atoms with Crippen LogP contribution in [0.5, 0.6) is 0 Å². The molecule has 4 nitrogen and oxygen atoms in total. The van der Waals surface area contributed by atoms with Crippen LogP contribution in [0.2, 0.25) is 0 Å². The van der Waals surface area contributed by atoms with Gasteiger partial charge in [0.2, 0.25) is 5.91 Å². The summed E-state index contributed by atoms with van der Waals surface area (Å²) in [5, 5.41) is 2.79. The molecule has 1 aromatic rings. The summed E-state index contributed by atoms with van der Waals surface area (Å²) in [6.07, 6.45) is 1.74. The van der Waals surface area contributed by atoms with E-state index in [0.29, 0.717) is 5.69 Å². The maximum absolute atomic E-state index is 12.8. The van der Waals surface area contributed by atoms with E-state index < -0.39 is 0 Å². The third-order valence-corrected chi connectivity index (χ3v) is 4.90. The SMILES string of the molecule is O=C(Nc1ccc(F)cc1)[C@H]1[C@H]2C[C@@H]3[C@@H]1C(=O)O[C@H]3C2. The van der Waals surface area contributed by atoms with E-state index in [2.05, 4.69) is 5.32 Å². The van der Waals surface area contributed by atoms with Gasteiger partial charge >= 0.3 is 5.97 Å². The zero-order valence-corrected chi connectivity index (χ0v) is 10.7. The molecule has 5 heteroatoms. The lowest BCUT2D eigenvalue weighted by Crippen LogP contribution is -2.35. The number of nitrogens with one attached hydrogen (secondary N) is 1. The van der Waals surface area contributed by atoms with Crippen molar-refractivity contribution in [1.82, 2.24) is 0 Å². The van der Waals surface area contributed by atoms with Crippen LogP contribution in [0.1, 0.15) is 12.8 Å². The van der Waals surface area contributed by atoms with Crippen molar-refractivity contribution in [2.24, 2.45) is 23.7 Å². The lowest BCUT2D eigenvalue weighted by molar-refractivity contribution is -0.145. The molecule has 4 rings (SSSR count). The average molecular weight is 275 g/mol. The molecule has 1 heterocycles. The lowest BCUT2D eigenvalue weighted by Gasteiger charge is -2.23. The van der Waals surface area contributed by atoms with Crippen molar-refractivity contribution < 1.29 is 18.7 Å². The van der Waals surface area contributed by atoms with Crippen LogP contribution in [0, 0.1) is 29.5 Å². The molecule has 1 aromatic carbocycles. The number of carbonyl (C=O) groups excluding carboxylic acids is 2. The molecule has 2 aliphatic carbocycles. The van der Waals surface area contributed by atoms with Gasteiger partial charge in [-0.05, 0) is 43.0 Å². The number of amides is 1. The molecule has 1 aliphatic heterocycles. The summed E-state index contributed by atoms with van der Waals surface area (Å²) in [5.41, 5.74) is 0.557. The van der Waals surface area contributed by atoms with E-state index in [1.54, 1.807) is 0 Å². The summed E-state index contributed by atoms with van der Waals surface area (Å²) in [4.78, 5) is 24.3. The first-order chi connectivity index (χ1) is 9.63. The fraction of sp³-hybridized carbons (Fsp3) is 0.467. The number of carbonyl (C=O) groups is 2. The Morgan fingerprint density at radius 1 is 1.25 bits per heavy atom. The highest BCUT2D eigenvalue weighted by atomic mass is 19.1. The van der Waals surface area contributed by atoms with Crippen molar-refractivity contribution >= 4 is 17.6 Å². The fourth-order valence-electron chi connectivity index (χ4n) is 4.12. The highest BCUT2D eigenvalue weighted by molar-refractivity contribution is 5.96. The van der Waals surface area contributed by atoms with Gasteiger partial charge in [-0.1, -0.05) is 0 Å². The number of hydrogen-bond donors (Lipinski definition) is 1. The second-order valence-corrected chi connectivity index (χ2v) is 5.92. The predicted molar refractivity (Wildman–Crippen MR) is 68.1 cm³/mol. The minimum absolute atomic E-state index is 0.0346. The monoisotopic (exact) mass is 275 g/mol. The molecule has 1 saturated heterocycles. The van der Waals surface area contributed by atoms with Crippen LogP contribution in [-0.4, -0.2) is 18.0 Å². The molecule has 0 radical (unpaired) electrons. The summed E-state index contributed by atoms with van der Waals surface area (Å²) in [5.74, 6) is -0.829. The van der Waals surface area contributed by atoms with E-state index in [9.17, 15) is 14.0 Å². The first-order valence-corrected chi connectivity index (χ1v) is 6.90. The lowest BCUT2D eigenvalue weighted by atomic mass is 9.79. The molecular formula is C15H14FNO3. The number of benzene rings is 1. The summed E-state index contributed by atoms with van der Waals surface area (Å²) >= 11 is 0. The summed E-state index contributed by atoms with van der Waals surface area (Å²) in [7, 11) is 0. The molecular weight excluding hydrogens is 261 g/mol. The maximum Gasteiger partial charge on any atom is 0.310 e. The van der Waals surface area contributed by atoms with Crippen molar-refractivity contribution in [3.8, 4) is 0 Å². The summed E-state index contributed by atoms with van der Waals surface area (Å²) < 4.78 is 18.2. The van der Waals surface area contributed by atoms with Gasteiger partial charge in [0.1, 0.15) is 11.9 Å². The Bertz CT molecular complexity index is 583. The minimum Gasteiger partial charge on any atom is -0.462 e. The molecule has 2 saturated carbocycles. The first-order valence-electron chi connectivity index (χ1n) is 6.90. The van der Waals surface area contributed by atoms with Crippen molar-refractivity contribution in [1.29, 1.82) is 0 Å². The van der Waals surface area contributed by atoms with Gasteiger partial charge in [-0.25, -0.2) is 4.39 Å². The van der Waals surface area contributed by atoms with Gasteiger partial charge in [0.15, 0.2) is 0 Å². The molecule has 2 bridgehead atoms. The van der Waals surface area contributed by atoms with Gasteiger partial charge in [-0.15, -0.1) is 0 Å². The van der Waals surface area contributed by atoms with Crippen LogP contribution in [-0.2, 0) is 14.3 Å². The topological polar surface area (TPSA) is 55.4 Å². The molecule has 20 heavy (non-hydrogen) atoms. The molecule has 0 aromatic heterocycles. The van der Waals surface area contributed by atoms with Crippen LogP contribution < -0.4 is 5.32 Å². The molecule has 3 aliphatic rings. The Morgan fingerprint density at radius 3 is 2.75 bits per heavy atom. The Morgan fingerprint density at radius 2 is 2.00 bits per heavy atom. The van der Waals surface area contributed by atoms with E-state index in [1.807, 2.05) is 0 Å². The molecule has 1 amide bonds. The quantitative estimate of drug-likeness (QED) is 0.839. The highest BCUT2D eigenvalue weighted by Crippen LogP contribution is 2.57. The van der Waals surface area contributed by atoms with Gasteiger partial charge in [-0.2, -0.15) is 0 Å². The Kier molecular flexibility index (Phi) is 2.40. The number of fused-ring (bicyclic) bond motifs is 1. The number of hydrogen-bond acceptors (Lipinski definition) is 3. The normalized spacial score (nSPS) is 37.0. The molecule has 3 fully saturated rings. The van der Waals surface area contributed by atoms with Crippen LogP contribution >= 0.6 is 0 Å². The van der Waals surface area contributed by atoms with E-state index in [0.717, 1.165) is 12.8 Å². The van der Waals surface area contributed by atoms with Gasteiger partial charge in [0.25, 0.3) is 0 Å². The van der Waals surface area contributed by atoms with Gasteiger partial charge in [0, 0.05) is 11.6 Å². The van der Waals surface area contributed by atoms with Gasteiger partial charge < -0.3 is 10.1 Å². The van der Waals surface area contributed by atoms with Crippen LogP contribution in [0.25, 0.3) is 0 Å². The van der Waals surface area contributed by atoms with Crippen molar-refractivity contribution in [3.63, 3.8) is 0 Å². The zero-order chi connectivity index (χ0) is 13.9. The smallest absolute Gasteiger partial charge is 0.310 e. The highest BCUT2D eigenvalue weighted by Gasteiger charge is 2.63. The van der Waals surface area contributed by atoms with E-state index in [-0.39, 0.29) is 47.5 Å². The number of esters is 1. The molecule has 5 atom stereocenters. The Hall–Kier alpha value is -1.91. The van der Waals surface area contributed by atoms with Gasteiger partial charge in [-0.3, -0.25) is 9.59 Å². The first kappa shape index (κ1) is 11.9. The predicted octanol–water partition coefficient (Wildman–Crippen LogP) is 1.96. The van der Waals surface area contributed by atoms with Crippen molar-refractivity contribution in [3.05, 3.63) is 30.1 Å². The fourth-order valence-corrected chi connectivity index (χ4v) is 4.12. The van der Waals surface area contributed by atoms with E-state index in [4.69, 9.17) is 4.74 Å². The second-order valence-electron chi connectivity index (χ2n) is 5.92. The van der Waals surface area contributed by atoms with Gasteiger partial charge in [0.05, 0.1) is 11.8 Å². The molecule has 0 unspecified atom stereocenters. The molecule has 1 N–H and O–H groups in total. The largest absolute Gasteiger partial charge is 0.462 e. The minimum atomic E-state index is -0.342. The standard InChI is InChI=1S/C15H14FNO3/c16-8-1-3-9(4-2-8)17-14(18)12-7-5-10-11(6-7)20-15(19)13(10)12/h1-4,7,10-13H,5-6H2,(H,17,18)/t7-,10-,11-,12-,13-/m0/s1. The second kappa shape index (κ2) is 4.04. The number of halogens is 1. The Labute approximate surface area is 115 Å². The number of rotatable bonds is 2. The number of anilines is 1. The van der Waals surface area contributed by atoms with Crippen LogP contribution in [0.15, 0.2) is 24.3 Å². The van der Waals surface area contributed by atoms with Crippen LogP contribution in [0.4, 0.5) is 10.1 Å². The van der Waals surface area contributed by atoms with E-state index >= 15 is 0 Å². The third-order valence-electron chi connectivity index (χ3n) is 4.90. The molecule has 0 spiro atoms. The van der Waals surface area contributed by atoms with Crippen molar-refractivity contribution in [2.45, 2.75) is 18.9 Å². The summed E-state index contributed by atoms with van der Waals surface area (Å²) in [6.45, 7) is 0.